The largest absolute Gasteiger partial charge is 0.374 e. The minimum atomic E-state index is -0.117. The zero-order valence-corrected chi connectivity index (χ0v) is 11.8. The summed E-state index contributed by atoms with van der Waals surface area (Å²) in [7, 11) is 2.07. The van der Waals surface area contributed by atoms with Crippen LogP contribution in [0.15, 0.2) is 0 Å². The van der Waals surface area contributed by atoms with Gasteiger partial charge in [-0.3, -0.25) is 4.79 Å². The van der Waals surface area contributed by atoms with Gasteiger partial charge in [-0.1, -0.05) is 29.8 Å². The van der Waals surface area contributed by atoms with E-state index in [0.717, 1.165) is 19.7 Å². The van der Waals surface area contributed by atoms with Gasteiger partial charge in [0.2, 0.25) is 5.91 Å². The zero-order valence-electron chi connectivity index (χ0n) is 10.2. The van der Waals surface area contributed by atoms with Crippen LogP contribution < -0.4 is 5.32 Å². The average Bonchev–Trinajstić information content (AvgIpc) is 2.24. The Labute approximate surface area is 106 Å². The molecule has 1 aliphatic rings. The summed E-state index contributed by atoms with van der Waals surface area (Å²) < 4.78 is 5.57. The van der Waals surface area contributed by atoms with E-state index >= 15 is 0 Å². The first-order valence-corrected chi connectivity index (χ1v) is 6.64. The third kappa shape index (κ3) is 4.39. The highest BCUT2D eigenvalue weighted by Gasteiger charge is 2.22. The molecule has 1 aliphatic heterocycles. The Morgan fingerprint density at radius 1 is 1.62 bits per heavy atom. The normalized spacial score (nSPS) is 24.4. The molecule has 2 atom stereocenters. The molecule has 0 spiro atoms. The zero-order chi connectivity index (χ0) is 12.1. The van der Waals surface area contributed by atoms with Gasteiger partial charge in [0.05, 0.1) is 17.5 Å². The van der Waals surface area contributed by atoms with Crippen molar-refractivity contribution in [1.29, 1.82) is 0 Å². The van der Waals surface area contributed by atoms with E-state index in [-0.39, 0.29) is 16.8 Å². The lowest BCUT2D eigenvalue weighted by atomic mass is 10.1. The molecular weight excluding hydrogens is 272 g/mol. The maximum Gasteiger partial charge on any atom is 0.234 e. The number of amides is 1. The number of carbonyl (C=O) groups is 1. The van der Waals surface area contributed by atoms with Gasteiger partial charge in [0.1, 0.15) is 0 Å². The molecular formula is C11H21BrN2O2. The van der Waals surface area contributed by atoms with E-state index in [9.17, 15) is 4.79 Å². The van der Waals surface area contributed by atoms with E-state index in [2.05, 4.69) is 33.2 Å². The summed E-state index contributed by atoms with van der Waals surface area (Å²) in [6, 6.07) is 0. The number of alkyl halides is 1. The first kappa shape index (κ1) is 13.9. The molecule has 1 amide bonds. The summed E-state index contributed by atoms with van der Waals surface area (Å²) >= 11 is 3.38. The lowest BCUT2D eigenvalue weighted by Crippen LogP contribution is -2.47. The molecule has 0 aromatic heterocycles. The highest BCUT2D eigenvalue weighted by atomic mass is 79.9. The lowest BCUT2D eigenvalue weighted by Gasteiger charge is -2.30. The third-order valence-electron chi connectivity index (χ3n) is 2.68. The quantitative estimate of drug-likeness (QED) is 0.782. The molecule has 1 saturated heterocycles. The number of carbonyl (C=O) groups excluding carboxylic acids is 1. The van der Waals surface area contributed by atoms with Crippen molar-refractivity contribution in [2.45, 2.75) is 24.8 Å². The first-order valence-electron chi connectivity index (χ1n) is 5.72. The van der Waals surface area contributed by atoms with E-state index in [0.29, 0.717) is 12.5 Å². The van der Waals surface area contributed by atoms with Crippen molar-refractivity contribution in [1.82, 2.24) is 10.2 Å². The minimum absolute atomic E-state index is 0.0480. The van der Waals surface area contributed by atoms with Gasteiger partial charge in [-0.2, -0.15) is 0 Å². The van der Waals surface area contributed by atoms with Crippen LogP contribution in [0.5, 0.6) is 0 Å². The van der Waals surface area contributed by atoms with Crippen LogP contribution in [0.2, 0.25) is 0 Å². The topological polar surface area (TPSA) is 41.6 Å². The number of rotatable bonds is 4. The standard InChI is InChI=1S/C11H21BrN2O2/c1-8(2)10(12)11(15)13-6-9-7-14(3)4-5-16-9/h8-10H,4-7H2,1-3H3,(H,13,15). The molecule has 1 N–H and O–H groups in total. The Morgan fingerprint density at radius 2 is 2.31 bits per heavy atom. The molecule has 5 heteroatoms. The average molecular weight is 293 g/mol. The van der Waals surface area contributed by atoms with E-state index in [1.54, 1.807) is 0 Å². The van der Waals surface area contributed by atoms with E-state index in [1.165, 1.54) is 0 Å². The molecule has 1 heterocycles. The number of hydrogen-bond donors (Lipinski definition) is 1. The maximum absolute atomic E-state index is 11.7. The first-order chi connectivity index (χ1) is 7.50. The summed E-state index contributed by atoms with van der Waals surface area (Å²) in [5.41, 5.74) is 0. The van der Waals surface area contributed by atoms with Gasteiger partial charge in [-0.25, -0.2) is 0 Å². The van der Waals surface area contributed by atoms with Gasteiger partial charge in [0.25, 0.3) is 0 Å². The Morgan fingerprint density at radius 3 is 2.88 bits per heavy atom. The molecule has 94 valence electrons. The number of hydrogen-bond acceptors (Lipinski definition) is 3. The van der Waals surface area contributed by atoms with Gasteiger partial charge in [-0.05, 0) is 13.0 Å². The van der Waals surface area contributed by atoms with Crippen LogP contribution in [-0.2, 0) is 9.53 Å². The minimum Gasteiger partial charge on any atom is -0.374 e. The molecule has 0 aromatic carbocycles. The van der Waals surface area contributed by atoms with E-state index in [1.807, 2.05) is 13.8 Å². The highest BCUT2D eigenvalue weighted by Crippen LogP contribution is 2.11. The highest BCUT2D eigenvalue weighted by molar-refractivity contribution is 9.10. The molecule has 1 fully saturated rings. The number of likely N-dealkylation sites (N-methyl/N-ethyl adjacent to an activating group) is 1. The molecule has 0 radical (unpaired) electrons. The summed E-state index contributed by atoms with van der Waals surface area (Å²) in [4.78, 5) is 13.8. The number of halogens is 1. The summed E-state index contributed by atoms with van der Waals surface area (Å²) in [5.74, 6) is 0.349. The fourth-order valence-electron chi connectivity index (χ4n) is 1.60. The van der Waals surface area contributed by atoms with Gasteiger partial charge in [0, 0.05) is 19.6 Å². The van der Waals surface area contributed by atoms with Crippen molar-refractivity contribution >= 4 is 21.8 Å². The van der Waals surface area contributed by atoms with E-state index in [4.69, 9.17) is 4.74 Å². The second-order valence-electron chi connectivity index (χ2n) is 4.65. The summed E-state index contributed by atoms with van der Waals surface area (Å²) in [5, 5.41) is 2.92. The summed E-state index contributed by atoms with van der Waals surface area (Å²) in [6.07, 6.45) is 0.120. The summed E-state index contributed by atoms with van der Waals surface area (Å²) in [6.45, 7) is 7.23. The van der Waals surface area contributed by atoms with E-state index < -0.39 is 0 Å². The Bertz CT molecular complexity index is 236. The third-order valence-corrected chi connectivity index (χ3v) is 4.15. The molecule has 16 heavy (non-hydrogen) atoms. The number of morpholine rings is 1. The smallest absolute Gasteiger partial charge is 0.234 e. The Kier molecular flexibility index (Phi) is 5.72. The number of nitrogens with zero attached hydrogens (tertiary/aromatic N) is 1. The van der Waals surface area contributed by atoms with Crippen LogP contribution in [0.25, 0.3) is 0 Å². The molecule has 4 nitrogen and oxygen atoms in total. The van der Waals surface area contributed by atoms with Gasteiger partial charge in [0.15, 0.2) is 0 Å². The van der Waals surface area contributed by atoms with Crippen molar-refractivity contribution < 1.29 is 9.53 Å². The SMILES string of the molecule is CC(C)C(Br)C(=O)NCC1CN(C)CCO1. The van der Waals surface area contributed by atoms with Crippen LogP contribution in [0, 0.1) is 5.92 Å². The molecule has 0 aromatic rings. The predicted octanol–water partition coefficient (Wildman–Crippen LogP) is 0.853. The number of ether oxygens (including phenoxy) is 1. The fraction of sp³-hybridized carbons (Fsp3) is 0.909. The molecule has 2 unspecified atom stereocenters. The molecule has 0 bridgehead atoms. The van der Waals surface area contributed by atoms with Gasteiger partial charge in [-0.15, -0.1) is 0 Å². The van der Waals surface area contributed by atoms with Crippen molar-refractivity contribution in [2.24, 2.45) is 5.92 Å². The fourth-order valence-corrected chi connectivity index (χ4v) is 1.77. The molecule has 1 rings (SSSR count). The molecule has 0 aliphatic carbocycles. The second kappa shape index (κ2) is 6.57. The van der Waals surface area contributed by atoms with Crippen LogP contribution >= 0.6 is 15.9 Å². The lowest BCUT2D eigenvalue weighted by molar-refractivity contribution is -0.122. The second-order valence-corrected chi connectivity index (χ2v) is 5.63. The van der Waals surface area contributed by atoms with Gasteiger partial charge < -0.3 is 15.0 Å². The van der Waals surface area contributed by atoms with Crippen molar-refractivity contribution in [2.75, 3.05) is 33.3 Å². The van der Waals surface area contributed by atoms with Crippen molar-refractivity contribution in [3.05, 3.63) is 0 Å². The number of nitrogens with one attached hydrogen (secondary N) is 1. The Balaban J connectivity index is 2.25. The Hall–Kier alpha value is -0.130. The van der Waals surface area contributed by atoms with Gasteiger partial charge >= 0.3 is 0 Å². The van der Waals surface area contributed by atoms with Crippen LogP contribution in [0.1, 0.15) is 13.8 Å². The van der Waals surface area contributed by atoms with Crippen LogP contribution in [-0.4, -0.2) is 55.0 Å². The van der Waals surface area contributed by atoms with Crippen LogP contribution in [0.4, 0.5) is 0 Å². The predicted molar refractivity (Wildman–Crippen MR) is 67.8 cm³/mol. The monoisotopic (exact) mass is 292 g/mol. The van der Waals surface area contributed by atoms with Crippen molar-refractivity contribution in [3.8, 4) is 0 Å². The maximum atomic E-state index is 11.7. The molecule has 0 saturated carbocycles. The van der Waals surface area contributed by atoms with Crippen LogP contribution in [0.3, 0.4) is 0 Å². The van der Waals surface area contributed by atoms with Crippen molar-refractivity contribution in [3.63, 3.8) is 0 Å².